The molecule has 0 aliphatic heterocycles. The molecule has 0 aliphatic carbocycles. The van der Waals surface area contributed by atoms with Crippen LogP contribution in [0, 0.1) is 0 Å². The van der Waals surface area contributed by atoms with Crippen LogP contribution in [-0.2, 0) is 4.79 Å². The van der Waals surface area contributed by atoms with E-state index >= 15 is 0 Å². The smallest absolute Gasteiger partial charge is 0.235 e. The molecule has 0 radical (unpaired) electrons. The normalized spacial score (nSPS) is 11.8. The molecule has 1 amide bonds. The number of rotatable bonds is 7. The summed E-state index contributed by atoms with van der Waals surface area (Å²) < 4.78 is 11.0. The third-order valence-electron chi connectivity index (χ3n) is 2.57. The first-order chi connectivity index (χ1) is 9.12. The van der Waals surface area contributed by atoms with E-state index in [1.807, 2.05) is 39.0 Å². The third-order valence-corrected chi connectivity index (χ3v) is 2.81. The van der Waals surface area contributed by atoms with Gasteiger partial charge in [-0.05, 0) is 38.5 Å². The van der Waals surface area contributed by atoms with Gasteiger partial charge in [-0.3, -0.25) is 4.79 Å². The molecule has 0 spiro atoms. The van der Waals surface area contributed by atoms with Crippen molar-refractivity contribution in [2.75, 3.05) is 19.1 Å². The summed E-state index contributed by atoms with van der Waals surface area (Å²) in [5.41, 5.74) is 0.949. The van der Waals surface area contributed by atoms with Crippen LogP contribution >= 0.6 is 11.6 Å². The van der Waals surface area contributed by atoms with Crippen molar-refractivity contribution < 1.29 is 14.3 Å². The summed E-state index contributed by atoms with van der Waals surface area (Å²) in [5, 5.41) is 2.80. The molecule has 1 aromatic rings. The zero-order valence-corrected chi connectivity index (χ0v) is 12.3. The van der Waals surface area contributed by atoms with Gasteiger partial charge in [0.1, 0.15) is 5.88 Å². The number of amides is 1. The first-order valence-corrected chi connectivity index (χ1v) is 6.90. The monoisotopic (exact) mass is 285 g/mol. The molecule has 19 heavy (non-hydrogen) atoms. The molecule has 4 nitrogen and oxygen atoms in total. The predicted molar refractivity (Wildman–Crippen MR) is 76.1 cm³/mol. The lowest BCUT2D eigenvalue weighted by molar-refractivity contribution is -0.119. The van der Waals surface area contributed by atoms with E-state index in [1.165, 1.54) is 0 Å². The first-order valence-electron chi connectivity index (χ1n) is 6.37. The molecule has 1 rings (SSSR count). The van der Waals surface area contributed by atoms with E-state index in [0.29, 0.717) is 24.7 Å². The fourth-order valence-electron chi connectivity index (χ4n) is 1.70. The van der Waals surface area contributed by atoms with Gasteiger partial charge in [-0.15, -0.1) is 11.6 Å². The van der Waals surface area contributed by atoms with E-state index in [2.05, 4.69) is 5.32 Å². The maximum Gasteiger partial charge on any atom is 0.235 e. The van der Waals surface area contributed by atoms with Crippen LogP contribution in [0.15, 0.2) is 18.2 Å². The molecule has 0 saturated heterocycles. The van der Waals surface area contributed by atoms with Gasteiger partial charge in [0, 0.05) is 0 Å². The summed E-state index contributed by atoms with van der Waals surface area (Å²) >= 11 is 5.47. The minimum absolute atomic E-state index is 0.0420. The number of hydrogen-bond acceptors (Lipinski definition) is 3. The average molecular weight is 286 g/mol. The van der Waals surface area contributed by atoms with Crippen LogP contribution in [0.25, 0.3) is 0 Å². The quantitative estimate of drug-likeness (QED) is 0.784. The highest BCUT2D eigenvalue weighted by atomic mass is 35.5. The molecule has 106 valence electrons. The summed E-state index contributed by atoms with van der Waals surface area (Å²) in [4.78, 5) is 11.3. The number of nitrogens with one attached hydrogen (secondary N) is 1. The van der Waals surface area contributed by atoms with Gasteiger partial charge in [-0.1, -0.05) is 6.07 Å². The summed E-state index contributed by atoms with van der Waals surface area (Å²) in [6, 6.07) is 5.52. The molecule has 0 unspecified atom stereocenters. The van der Waals surface area contributed by atoms with Crippen LogP contribution in [0.1, 0.15) is 32.4 Å². The number of carbonyl (C=O) groups is 1. The predicted octanol–water partition coefficient (Wildman–Crippen LogP) is 2.90. The van der Waals surface area contributed by atoms with Gasteiger partial charge in [0.2, 0.25) is 5.91 Å². The summed E-state index contributed by atoms with van der Waals surface area (Å²) in [5.74, 6) is 1.17. The van der Waals surface area contributed by atoms with Crippen molar-refractivity contribution in [2.24, 2.45) is 0 Å². The number of carbonyl (C=O) groups excluding carboxylic acids is 1. The number of benzene rings is 1. The standard InChI is InChI=1S/C14H20ClNO3/c1-4-18-12-7-6-11(8-13(12)19-5-2)10(3)16-14(17)9-15/h6-8,10H,4-5,9H2,1-3H3,(H,16,17)/t10-/m1/s1. The maximum absolute atomic E-state index is 11.3. The van der Waals surface area contributed by atoms with Gasteiger partial charge in [0.05, 0.1) is 19.3 Å². The molecule has 0 aliphatic rings. The van der Waals surface area contributed by atoms with Crippen LogP contribution < -0.4 is 14.8 Å². The lowest BCUT2D eigenvalue weighted by Gasteiger charge is -2.17. The second kappa shape index (κ2) is 7.89. The van der Waals surface area contributed by atoms with Crippen LogP contribution in [-0.4, -0.2) is 25.0 Å². The van der Waals surface area contributed by atoms with Gasteiger partial charge in [0.25, 0.3) is 0 Å². The highest BCUT2D eigenvalue weighted by molar-refractivity contribution is 6.27. The van der Waals surface area contributed by atoms with Crippen LogP contribution in [0.5, 0.6) is 11.5 Å². The number of halogens is 1. The van der Waals surface area contributed by atoms with E-state index in [4.69, 9.17) is 21.1 Å². The Morgan fingerprint density at radius 1 is 1.26 bits per heavy atom. The third kappa shape index (κ3) is 4.63. The van der Waals surface area contributed by atoms with Gasteiger partial charge >= 0.3 is 0 Å². The van der Waals surface area contributed by atoms with E-state index in [0.717, 1.165) is 5.56 Å². The molecule has 0 fully saturated rings. The molecule has 1 N–H and O–H groups in total. The lowest BCUT2D eigenvalue weighted by atomic mass is 10.1. The van der Waals surface area contributed by atoms with E-state index in [9.17, 15) is 4.79 Å². The van der Waals surface area contributed by atoms with Crippen molar-refractivity contribution in [2.45, 2.75) is 26.8 Å². The average Bonchev–Trinajstić information content (AvgIpc) is 2.41. The van der Waals surface area contributed by atoms with Crippen molar-refractivity contribution in [1.29, 1.82) is 0 Å². The molecule has 5 heteroatoms. The van der Waals surface area contributed by atoms with Crippen LogP contribution in [0.4, 0.5) is 0 Å². The van der Waals surface area contributed by atoms with Crippen molar-refractivity contribution in [3.05, 3.63) is 23.8 Å². The van der Waals surface area contributed by atoms with Gasteiger partial charge < -0.3 is 14.8 Å². The minimum Gasteiger partial charge on any atom is -0.490 e. The van der Waals surface area contributed by atoms with Gasteiger partial charge in [0.15, 0.2) is 11.5 Å². The Hall–Kier alpha value is -1.42. The van der Waals surface area contributed by atoms with Crippen molar-refractivity contribution in [3.63, 3.8) is 0 Å². The largest absolute Gasteiger partial charge is 0.490 e. The molecule has 0 saturated carbocycles. The van der Waals surface area contributed by atoms with Gasteiger partial charge in [-0.25, -0.2) is 0 Å². The van der Waals surface area contributed by atoms with E-state index < -0.39 is 0 Å². The van der Waals surface area contributed by atoms with Crippen LogP contribution in [0.3, 0.4) is 0 Å². The van der Waals surface area contributed by atoms with Crippen molar-refractivity contribution in [3.8, 4) is 11.5 Å². The van der Waals surface area contributed by atoms with Crippen molar-refractivity contribution in [1.82, 2.24) is 5.32 Å². The molecule has 0 heterocycles. The number of alkyl halides is 1. The highest BCUT2D eigenvalue weighted by Crippen LogP contribution is 2.30. The molecular formula is C14H20ClNO3. The maximum atomic E-state index is 11.3. The molecule has 0 aromatic heterocycles. The number of hydrogen-bond donors (Lipinski definition) is 1. The first kappa shape index (κ1) is 15.6. The molecule has 1 aromatic carbocycles. The molecular weight excluding hydrogens is 266 g/mol. The minimum atomic E-state index is -0.194. The number of ether oxygens (including phenoxy) is 2. The van der Waals surface area contributed by atoms with E-state index in [1.54, 1.807) is 0 Å². The second-order valence-electron chi connectivity index (χ2n) is 4.00. The summed E-state index contributed by atoms with van der Waals surface area (Å²) in [7, 11) is 0. The Labute approximate surface area is 119 Å². The van der Waals surface area contributed by atoms with Gasteiger partial charge in [-0.2, -0.15) is 0 Å². The Balaban J connectivity index is 2.90. The fourth-order valence-corrected chi connectivity index (χ4v) is 1.78. The Kier molecular flexibility index (Phi) is 6.50. The molecule has 0 bridgehead atoms. The Morgan fingerprint density at radius 3 is 2.47 bits per heavy atom. The zero-order valence-electron chi connectivity index (χ0n) is 11.5. The zero-order chi connectivity index (χ0) is 14.3. The molecule has 1 atom stereocenters. The van der Waals surface area contributed by atoms with Crippen molar-refractivity contribution >= 4 is 17.5 Å². The Morgan fingerprint density at radius 2 is 1.89 bits per heavy atom. The second-order valence-corrected chi connectivity index (χ2v) is 4.26. The Bertz CT molecular complexity index is 423. The van der Waals surface area contributed by atoms with E-state index in [-0.39, 0.29) is 17.8 Å². The topological polar surface area (TPSA) is 47.6 Å². The lowest BCUT2D eigenvalue weighted by Crippen LogP contribution is -2.27. The summed E-state index contributed by atoms with van der Waals surface area (Å²) in [6.45, 7) is 6.88. The summed E-state index contributed by atoms with van der Waals surface area (Å²) in [6.07, 6.45) is 0. The SMILES string of the molecule is CCOc1ccc([C@@H](C)NC(=O)CCl)cc1OCC. The fraction of sp³-hybridized carbons (Fsp3) is 0.500. The van der Waals surface area contributed by atoms with Crippen LogP contribution in [0.2, 0.25) is 0 Å². The highest BCUT2D eigenvalue weighted by Gasteiger charge is 2.12.